The number of nitrogens with zero attached hydrogens (tertiary/aromatic N) is 1. The summed E-state index contributed by atoms with van der Waals surface area (Å²) >= 11 is 0. The van der Waals surface area contributed by atoms with E-state index in [4.69, 9.17) is 5.73 Å². The van der Waals surface area contributed by atoms with Gasteiger partial charge in [-0.2, -0.15) is 0 Å². The van der Waals surface area contributed by atoms with Crippen molar-refractivity contribution in [3.8, 4) is 0 Å². The van der Waals surface area contributed by atoms with Crippen LogP contribution in [0.25, 0.3) is 0 Å². The van der Waals surface area contributed by atoms with E-state index in [1.54, 1.807) is 0 Å². The van der Waals surface area contributed by atoms with E-state index in [9.17, 15) is 4.79 Å². The van der Waals surface area contributed by atoms with E-state index < -0.39 is 0 Å². The number of hydrogen-bond acceptors (Lipinski definition) is 3. The van der Waals surface area contributed by atoms with Crippen molar-refractivity contribution in [2.45, 2.75) is 26.4 Å². The highest BCUT2D eigenvalue weighted by molar-refractivity contribution is 5.81. The van der Waals surface area contributed by atoms with Gasteiger partial charge in [0.05, 0.1) is 6.04 Å². The van der Waals surface area contributed by atoms with Crippen LogP contribution in [0.2, 0.25) is 0 Å². The zero-order valence-electron chi connectivity index (χ0n) is 11.2. The maximum absolute atomic E-state index is 11.9. The molecule has 1 unspecified atom stereocenters. The second kappa shape index (κ2) is 7.84. The minimum absolute atomic E-state index is 0.0573. The van der Waals surface area contributed by atoms with Gasteiger partial charge in [-0.05, 0) is 19.4 Å². The summed E-state index contributed by atoms with van der Waals surface area (Å²) in [6.45, 7) is 6.52. The van der Waals surface area contributed by atoms with Gasteiger partial charge in [0.25, 0.3) is 0 Å². The maximum Gasteiger partial charge on any atom is 0.237 e. The molecule has 1 aromatic rings. The average molecular weight is 249 g/mol. The van der Waals surface area contributed by atoms with Crippen LogP contribution in [0, 0.1) is 0 Å². The summed E-state index contributed by atoms with van der Waals surface area (Å²) in [4.78, 5) is 14.0. The predicted octanol–water partition coefficient (Wildman–Crippen LogP) is 0.972. The lowest BCUT2D eigenvalue weighted by atomic mass is 10.1. The third kappa shape index (κ3) is 4.47. The van der Waals surface area contributed by atoms with E-state index in [1.807, 2.05) is 32.0 Å². The van der Waals surface area contributed by atoms with Gasteiger partial charge in [0.1, 0.15) is 0 Å². The molecule has 4 heteroatoms. The first-order valence-corrected chi connectivity index (χ1v) is 6.44. The number of benzene rings is 1. The lowest BCUT2D eigenvalue weighted by Crippen LogP contribution is -2.46. The van der Waals surface area contributed by atoms with Crippen LogP contribution in [0.1, 0.15) is 19.4 Å². The molecule has 0 saturated heterocycles. The number of amides is 1. The van der Waals surface area contributed by atoms with E-state index in [-0.39, 0.29) is 11.9 Å². The highest BCUT2D eigenvalue weighted by atomic mass is 16.2. The summed E-state index contributed by atoms with van der Waals surface area (Å²) in [7, 11) is 0. The van der Waals surface area contributed by atoms with E-state index >= 15 is 0 Å². The SMILES string of the molecule is CCNC(=O)C(C)N(CCN)Cc1ccccc1. The zero-order chi connectivity index (χ0) is 13.4. The first kappa shape index (κ1) is 14.7. The molecule has 1 atom stereocenters. The normalized spacial score (nSPS) is 12.4. The minimum Gasteiger partial charge on any atom is -0.355 e. The molecule has 0 aliphatic heterocycles. The quantitative estimate of drug-likeness (QED) is 0.757. The van der Waals surface area contributed by atoms with Crippen molar-refractivity contribution in [3.05, 3.63) is 35.9 Å². The van der Waals surface area contributed by atoms with Crippen LogP contribution in [-0.4, -0.2) is 36.5 Å². The Hall–Kier alpha value is -1.39. The second-order valence-electron chi connectivity index (χ2n) is 4.32. The number of likely N-dealkylation sites (N-methyl/N-ethyl adjacent to an activating group) is 1. The monoisotopic (exact) mass is 249 g/mol. The molecule has 0 heterocycles. The van der Waals surface area contributed by atoms with Crippen molar-refractivity contribution in [2.24, 2.45) is 5.73 Å². The van der Waals surface area contributed by atoms with Crippen molar-refractivity contribution >= 4 is 5.91 Å². The number of nitrogens with two attached hydrogens (primary N) is 1. The lowest BCUT2D eigenvalue weighted by Gasteiger charge is -2.27. The van der Waals surface area contributed by atoms with Gasteiger partial charge in [0.2, 0.25) is 5.91 Å². The van der Waals surface area contributed by atoms with Gasteiger partial charge in [-0.1, -0.05) is 30.3 Å². The van der Waals surface area contributed by atoms with Crippen molar-refractivity contribution in [1.82, 2.24) is 10.2 Å². The first-order valence-electron chi connectivity index (χ1n) is 6.44. The fourth-order valence-corrected chi connectivity index (χ4v) is 1.88. The average Bonchev–Trinajstić information content (AvgIpc) is 2.39. The van der Waals surface area contributed by atoms with Crippen LogP contribution < -0.4 is 11.1 Å². The molecule has 0 aliphatic carbocycles. The smallest absolute Gasteiger partial charge is 0.237 e. The van der Waals surface area contributed by atoms with Gasteiger partial charge in [-0.3, -0.25) is 9.69 Å². The standard InChI is InChI=1S/C14H23N3O/c1-3-16-14(18)12(2)17(10-9-15)11-13-7-5-4-6-8-13/h4-8,12H,3,9-11,15H2,1-2H3,(H,16,18). The van der Waals surface area contributed by atoms with Crippen LogP contribution in [-0.2, 0) is 11.3 Å². The molecule has 3 N–H and O–H groups in total. The Morgan fingerprint density at radius 1 is 1.39 bits per heavy atom. The minimum atomic E-state index is -0.159. The number of nitrogens with one attached hydrogen (secondary N) is 1. The summed E-state index contributed by atoms with van der Waals surface area (Å²) < 4.78 is 0. The Balaban J connectivity index is 2.67. The molecule has 18 heavy (non-hydrogen) atoms. The molecule has 100 valence electrons. The predicted molar refractivity (Wildman–Crippen MR) is 74.1 cm³/mol. The number of hydrogen-bond donors (Lipinski definition) is 2. The largest absolute Gasteiger partial charge is 0.355 e. The lowest BCUT2D eigenvalue weighted by molar-refractivity contribution is -0.125. The van der Waals surface area contributed by atoms with E-state index in [0.717, 1.165) is 6.54 Å². The van der Waals surface area contributed by atoms with E-state index in [2.05, 4.69) is 22.3 Å². The second-order valence-corrected chi connectivity index (χ2v) is 4.32. The van der Waals surface area contributed by atoms with Crippen LogP contribution in [0.15, 0.2) is 30.3 Å². The third-order valence-electron chi connectivity index (χ3n) is 2.92. The maximum atomic E-state index is 11.9. The van der Waals surface area contributed by atoms with Crippen LogP contribution in [0.3, 0.4) is 0 Å². The molecule has 4 nitrogen and oxygen atoms in total. The highest BCUT2D eigenvalue weighted by Gasteiger charge is 2.20. The molecule has 0 bridgehead atoms. The summed E-state index contributed by atoms with van der Waals surface area (Å²) in [6.07, 6.45) is 0. The fraction of sp³-hybridized carbons (Fsp3) is 0.500. The molecule has 0 aromatic heterocycles. The molecule has 0 radical (unpaired) electrons. The van der Waals surface area contributed by atoms with Crippen molar-refractivity contribution < 1.29 is 4.79 Å². The van der Waals surface area contributed by atoms with Gasteiger partial charge in [0.15, 0.2) is 0 Å². The molecular formula is C14H23N3O. The summed E-state index contributed by atoms with van der Waals surface area (Å²) in [5.41, 5.74) is 6.82. The van der Waals surface area contributed by atoms with Gasteiger partial charge in [0, 0.05) is 26.2 Å². The number of carbonyl (C=O) groups is 1. The van der Waals surface area contributed by atoms with Gasteiger partial charge in [-0.15, -0.1) is 0 Å². The molecule has 1 amide bonds. The molecule has 0 saturated carbocycles. The van der Waals surface area contributed by atoms with Crippen LogP contribution in [0.5, 0.6) is 0 Å². The summed E-state index contributed by atoms with van der Waals surface area (Å²) in [5, 5.41) is 2.85. The van der Waals surface area contributed by atoms with Crippen molar-refractivity contribution in [1.29, 1.82) is 0 Å². The molecule has 1 rings (SSSR count). The first-order chi connectivity index (χ1) is 8.69. The molecule has 0 aliphatic rings. The van der Waals surface area contributed by atoms with E-state index in [1.165, 1.54) is 5.56 Å². The fourth-order valence-electron chi connectivity index (χ4n) is 1.88. The van der Waals surface area contributed by atoms with E-state index in [0.29, 0.717) is 19.6 Å². The van der Waals surface area contributed by atoms with Crippen LogP contribution in [0.4, 0.5) is 0 Å². The summed E-state index contributed by atoms with van der Waals surface area (Å²) in [5.74, 6) is 0.0573. The topological polar surface area (TPSA) is 58.4 Å². The molecule has 1 aromatic carbocycles. The molecule has 0 spiro atoms. The number of rotatable bonds is 7. The number of carbonyl (C=O) groups excluding carboxylic acids is 1. The molecule has 0 fully saturated rings. The zero-order valence-corrected chi connectivity index (χ0v) is 11.2. The Labute approximate surface area is 109 Å². The Kier molecular flexibility index (Phi) is 6.39. The van der Waals surface area contributed by atoms with Gasteiger partial charge in [-0.25, -0.2) is 0 Å². The summed E-state index contributed by atoms with van der Waals surface area (Å²) in [6, 6.07) is 9.97. The third-order valence-corrected chi connectivity index (χ3v) is 2.92. The Bertz CT molecular complexity index is 353. The van der Waals surface area contributed by atoms with Crippen molar-refractivity contribution in [2.75, 3.05) is 19.6 Å². The Morgan fingerprint density at radius 3 is 2.61 bits per heavy atom. The van der Waals surface area contributed by atoms with Gasteiger partial charge < -0.3 is 11.1 Å². The van der Waals surface area contributed by atoms with Crippen LogP contribution >= 0.6 is 0 Å². The van der Waals surface area contributed by atoms with Crippen molar-refractivity contribution in [3.63, 3.8) is 0 Å². The highest BCUT2D eigenvalue weighted by Crippen LogP contribution is 2.08. The van der Waals surface area contributed by atoms with Gasteiger partial charge >= 0.3 is 0 Å². The molecular weight excluding hydrogens is 226 g/mol. The Morgan fingerprint density at radius 2 is 2.06 bits per heavy atom.